The van der Waals surface area contributed by atoms with E-state index >= 15 is 0 Å². The van der Waals surface area contributed by atoms with E-state index in [1.165, 1.54) is 51.5 Å². The largest absolute Gasteiger partial charge is 0.496 e. The first-order valence-electron chi connectivity index (χ1n) is 9.94. The normalized spacial score (nSPS) is 10.9. The highest BCUT2D eigenvalue weighted by molar-refractivity contribution is 6.01. The number of ketones is 1. The Morgan fingerprint density at radius 3 is 1.48 bits per heavy atom. The Kier molecular flexibility index (Phi) is 6.84. The maximum absolute atomic E-state index is 12.1. The molecule has 0 heterocycles. The van der Waals surface area contributed by atoms with E-state index in [9.17, 15) is 24.3 Å². The highest BCUT2D eigenvalue weighted by Gasteiger charge is 2.36. The third kappa shape index (κ3) is 4.18. The Hall–Kier alpha value is -4.10. The molecule has 0 saturated carbocycles. The van der Waals surface area contributed by atoms with Crippen molar-refractivity contribution in [2.45, 2.75) is 12.5 Å². The van der Waals surface area contributed by atoms with E-state index in [1.807, 2.05) is 0 Å². The molecule has 0 saturated heterocycles. The van der Waals surface area contributed by atoms with Crippen LogP contribution in [-0.4, -0.2) is 44.0 Å². The summed E-state index contributed by atoms with van der Waals surface area (Å²) in [6.07, 6.45) is 1.74. The Labute approximate surface area is 190 Å². The van der Waals surface area contributed by atoms with E-state index in [0.29, 0.717) is 41.5 Å². The number of hydrogen-bond donors (Lipinski definition) is 1. The lowest BCUT2D eigenvalue weighted by molar-refractivity contribution is 0.100. The Bertz CT molecular complexity index is 1180. The second kappa shape index (κ2) is 9.58. The molecular formula is C26H22O7. The third-order valence-electron chi connectivity index (χ3n) is 5.52. The molecule has 0 atom stereocenters. The number of methoxy groups -OCH3 is 2. The molecule has 33 heavy (non-hydrogen) atoms. The van der Waals surface area contributed by atoms with Crippen LogP contribution >= 0.6 is 0 Å². The van der Waals surface area contributed by atoms with Crippen LogP contribution in [0.2, 0.25) is 0 Å². The van der Waals surface area contributed by atoms with Crippen LogP contribution in [0.15, 0.2) is 54.6 Å². The molecule has 3 aromatic rings. The number of aldehydes is 3. The predicted molar refractivity (Wildman–Crippen MR) is 121 cm³/mol. The molecule has 0 aliphatic heterocycles. The Morgan fingerprint density at radius 2 is 1.12 bits per heavy atom. The third-order valence-corrected chi connectivity index (χ3v) is 5.52. The first-order chi connectivity index (χ1) is 15.8. The van der Waals surface area contributed by atoms with Crippen LogP contribution in [0.4, 0.5) is 0 Å². The van der Waals surface area contributed by atoms with Crippen molar-refractivity contribution in [2.75, 3.05) is 14.2 Å². The smallest absolute Gasteiger partial charge is 0.160 e. The average molecular weight is 446 g/mol. The molecule has 1 N–H and O–H groups in total. The Balaban J connectivity index is 2.37. The van der Waals surface area contributed by atoms with E-state index in [-0.39, 0.29) is 33.6 Å². The fourth-order valence-electron chi connectivity index (χ4n) is 3.81. The summed E-state index contributed by atoms with van der Waals surface area (Å²) in [5.74, 6) is 0.340. The van der Waals surface area contributed by atoms with Crippen molar-refractivity contribution in [1.29, 1.82) is 0 Å². The summed E-state index contributed by atoms with van der Waals surface area (Å²) in [6, 6.07) is 13.6. The van der Waals surface area contributed by atoms with Gasteiger partial charge >= 0.3 is 0 Å². The van der Waals surface area contributed by atoms with Crippen molar-refractivity contribution in [3.8, 4) is 11.5 Å². The van der Waals surface area contributed by atoms with Gasteiger partial charge in [-0.3, -0.25) is 19.2 Å². The zero-order valence-electron chi connectivity index (χ0n) is 18.3. The van der Waals surface area contributed by atoms with Crippen LogP contribution in [0.1, 0.15) is 65.0 Å². The van der Waals surface area contributed by atoms with E-state index < -0.39 is 5.60 Å². The number of hydrogen-bond acceptors (Lipinski definition) is 7. The molecule has 0 aromatic heterocycles. The van der Waals surface area contributed by atoms with E-state index in [4.69, 9.17) is 9.47 Å². The molecule has 0 aliphatic carbocycles. The van der Waals surface area contributed by atoms with Crippen molar-refractivity contribution >= 4 is 24.6 Å². The molecule has 0 fully saturated rings. The lowest BCUT2D eigenvalue weighted by atomic mass is 9.78. The van der Waals surface area contributed by atoms with Crippen molar-refractivity contribution in [3.63, 3.8) is 0 Å². The van der Waals surface area contributed by atoms with Crippen molar-refractivity contribution in [1.82, 2.24) is 0 Å². The molecule has 168 valence electrons. The number of benzene rings is 3. The highest BCUT2D eigenvalue weighted by Crippen LogP contribution is 2.40. The summed E-state index contributed by atoms with van der Waals surface area (Å²) in [4.78, 5) is 46.9. The van der Waals surface area contributed by atoms with Crippen molar-refractivity contribution < 1.29 is 33.8 Å². The molecule has 0 bridgehead atoms. The highest BCUT2D eigenvalue weighted by atomic mass is 16.5. The number of aliphatic hydroxyl groups is 1. The number of carbonyl (C=O) groups is 4. The number of Topliss-reactive ketones (excluding diaryl/α,β-unsaturated/α-hetero) is 1. The maximum Gasteiger partial charge on any atom is 0.160 e. The van der Waals surface area contributed by atoms with Crippen molar-refractivity contribution in [2.24, 2.45) is 0 Å². The summed E-state index contributed by atoms with van der Waals surface area (Å²) in [5.41, 5.74) is -0.323. The molecule has 0 aliphatic rings. The van der Waals surface area contributed by atoms with Crippen LogP contribution in [-0.2, 0) is 5.60 Å². The van der Waals surface area contributed by atoms with E-state index in [1.54, 1.807) is 24.3 Å². The minimum Gasteiger partial charge on any atom is -0.496 e. The summed E-state index contributed by atoms with van der Waals surface area (Å²) < 4.78 is 10.4. The molecule has 0 radical (unpaired) electrons. The molecule has 0 unspecified atom stereocenters. The quantitative estimate of drug-likeness (QED) is 0.304. The molecule has 7 heteroatoms. The molecule has 7 nitrogen and oxygen atoms in total. The fraction of sp³-hybridized carbons (Fsp3) is 0.154. The second-order valence-electron chi connectivity index (χ2n) is 7.34. The standard InChI is InChI=1S/C26H22O7/c1-16(30)23-7-4-20(10-17(23)13-27)26(31,21-5-8-24(32-2)18(11-21)14-28)22-6-9-25(33-3)19(12-22)15-29/h4-15,31H,1-3H3. The van der Waals surface area contributed by atoms with Gasteiger partial charge in [-0.1, -0.05) is 24.3 Å². The topological polar surface area (TPSA) is 107 Å². The number of rotatable bonds is 9. The van der Waals surface area contributed by atoms with Gasteiger partial charge in [-0.15, -0.1) is 0 Å². The van der Waals surface area contributed by atoms with Gasteiger partial charge in [-0.25, -0.2) is 0 Å². The minimum atomic E-state index is -1.89. The van der Waals surface area contributed by atoms with Crippen LogP contribution in [0.5, 0.6) is 11.5 Å². The fourth-order valence-corrected chi connectivity index (χ4v) is 3.81. The maximum atomic E-state index is 12.1. The van der Waals surface area contributed by atoms with Crippen LogP contribution < -0.4 is 9.47 Å². The Morgan fingerprint density at radius 1 is 0.727 bits per heavy atom. The van der Waals surface area contributed by atoms with Gasteiger partial charge in [0.25, 0.3) is 0 Å². The van der Waals surface area contributed by atoms with Gasteiger partial charge in [0.05, 0.1) is 25.3 Å². The SMILES string of the molecule is COc1ccc(C(O)(c2ccc(OC)c(C=O)c2)c2ccc(C(C)=O)c(C=O)c2)cc1C=O. The van der Waals surface area contributed by atoms with Crippen molar-refractivity contribution in [3.05, 3.63) is 93.5 Å². The molecule has 3 aromatic carbocycles. The molecule has 0 amide bonds. The minimum absolute atomic E-state index is 0.103. The predicted octanol–water partition coefficient (Wildman–Crippen LogP) is 3.63. The first-order valence-corrected chi connectivity index (χ1v) is 9.94. The van der Waals surface area contributed by atoms with Gasteiger partial charge in [0.1, 0.15) is 17.1 Å². The van der Waals surface area contributed by atoms with Crippen LogP contribution in [0.3, 0.4) is 0 Å². The van der Waals surface area contributed by atoms with Crippen LogP contribution in [0, 0.1) is 0 Å². The number of ether oxygens (including phenoxy) is 2. The van der Waals surface area contributed by atoms with E-state index in [0.717, 1.165) is 0 Å². The van der Waals surface area contributed by atoms with Gasteiger partial charge in [0, 0.05) is 11.1 Å². The summed E-state index contributed by atoms with van der Waals surface area (Å²) in [6.45, 7) is 1.34. The van der Waals surface area contributed by atoms with Gasteiger partial charge < -0.3 is 14.6 Å². The average Bonchev–Trinajstić information content (AvgIpc) is 2.86. The van der Waals surface area contributed by atoms with Gasteiger partial charge in [-0.05, 0) is 53.9 Å². The summed E-state index contributed by atoms with van der Waals surface area (Å²) >= 11 is 0. The second-order valence-corrected chi connectivity index (χ2v) is 7.34. The zero-order chi connectivity index (χ0) is 24.2. The number of carbonyl (C=O) groups excluding carboxylic acids is 4. The van der Waals surface area contributed by atoms with Gasteiger partial charge in [-0.2, -0.15) is 0 Å². The summed E-state index contributed by atoms with van der Waals surface area (Å²) in [5, 5.41) is 12.1. The zero-order valence-corrected chi connectivity index (χ0v) is 18.3. The monoisotopic (exact) mass is 446 g/mol. The molecule has 3 rings (SSSR count). The lowest BCUT2D eigenvalue weighted by Crippen LogP contribution is -2.29. The first kappa shape index (κ1) is 23.6. The lowest BCUT2D eigenvalue weighted by Gasteiger charge is -2.31. The van der Waals surface area contributed by atoms with Gasteiger partial charge in [0.2, 0.25) is 0 Å². The van der Waals surface area contributed by atoms with E-state index in [2.05, 4.69) is 0 Å². The molecule has 0 spiro atoms. The van der Waals surface area contributed by atoms with Gasteiger partial charge in [0.15, 0.2) is 24.6 Å². The molecular weight excluding hydrogens is 424 g/mol. The summed E-state index contributed by atoms with van der Waals surface area (Å²) in [7, 11) is 2.84. The van der Waals surface area contributed by atoms with Crippen LogP contribution in [0.25, 0.3) is 0 Å².